The molecule has 0 aromatic carbocycles. The molecule has 3 heteroatoms. The largest absolute Gasteiger partial charge is 0.381 e. The van der Waals surface area contributed by atoms with Gasteiger partial charge >= 0.3 is 0 Å². The van der Waals surface area contributed by atoms with E-state index in [-0.39, 0.29) is 0 Å². The topological polar surface area (TPSA) is 9.23 Å². The molecule has 0 aromatic heterocycles. The molecule has 0 N–H and O–H groups in total. The minimum absolute atomic E-state index is 0.568. The zero-order chi connectivity index (χ0) is 20.8. The summed E-state index contributed by atoms with van der Waals surface area (Å²) < 4.78 is 30.2. The molecule has 3 aliphatic carbocycles. The molecule has 1 heterocycles. The van der Waals surface area contributed by atoms with Gasteiger partial charge in [-0.15, -0.1) is 0 Å². The highest BCUT2D eigenvalue weighted by molar-refractivity contribution is 4.88. The number of halogens is 2. The van der Waals surface area contributed by atoms with Crippen LogP contribution in [0.4, 0.5) is 8.78 Å². The standard InChI is InChI=1S/C27H44F2O/c28-27(29)5-1-3-20-6-8-21(9-7-20)22-10-12-23(13-11-22)24-14-16-25(17-15-24)26-4-2-18-30-19-26/h5,20-26H,1-4,6-19H2. The first-order valence-electron chi connectivity index (χ1n) is 13.3. The molecule has 3 saturated carbocycles. The average Bonchev–Trinajstić information content (AvgIpc) is 2.80. The summed E-state index contributed by atoms with van der Waals surface area (Å²) in [5, 5.41) is 0. The quantitative estimate of drug-likeness (QED) is 0.417. The third kappa shape index (κ3) is 6.30. The Morgan fingerprint density at radius 3 is 1.53 bits per heavy atom. The maximum atomic E-state index is 12.2. The Labute approximate surface area is 183 Å². The lowest BCUT2D eigenvalue weighted by atomic mass is 9.64. The highest BCUT2D eigenvalue weighted by Gasteiger charge is 2.36. The molecule has 172 valence electrons. The molecule has 0 amide bonds. The van der Waals surface area contributed by atoms with E-state index >= 15 is 0 Å². The van der Waals surface area contributed by atoms with Crippen LogP contribution in [0.2, 0.25) is 0 Å². The molecular weight excluding hydrogens is 378 g/mol. The Morgan fingerprint density at radius 2 is 1.10 bits per heavy atom. The predicted octanol–water partition coefficient (Wildman–Crippen LogP) is 8.39. The van der Waals surface area contributed by atoms with Gasteiger partial charge in [-0.1, -0.05) is 12.8 Å². The third-order valence-corrected chi connectivity index (χ3v) is 9.59. The molecule has 1 atom stereocenters. The Kier molecular flexibility index (Phi) is 8.67. The van der Waals surface area contributed by atoms with Gasteiger partial charge in [-0.25, -0.2) is 0 Å². The van der Waals surface area contributed by atoms with Crippen molar-refractivity contribution in [3.05, 3.63) is 12.2 Å². The van der Waals surface area contributed by atoms with Crippen LogP contribution in [0.25, 0.3) is 0 Å². The summed E-state index contributed by atoms with van der Waals surface area (Å²) in [6, 6.07) is 0. The number of hydrogen-bond acceptors (Lipinski definition) is 1. The van der Waals surface area contributed by atoms with Crippen molar-refractivity contribution in [1.82, 2.24) is 0 Å². The van der Waals surface area contributed by atoms with E-state index in [1.54, 1.807) is 0 Å². The number of allylic oxidation sites excluding steroid dienone is 1. The molecule has 0 aromatic rings. The van der Waals surface area contributed by atoms with Gasteiger partial charge in [-0.2, -0.15) is 8.78 Å². The number of rotatable bonds is 6. The molecule has 4 aliphatic rings. The molecule has 30 heavy (non-hydrogen) atoms. The van der Waals surface area contributed by atoms with Crippen LogP contribution in [0.5, 0.6) is 0 Å². The Morgan fingerprint density at radius 1 is 0.633 bits per heavy atom. The van der Waals surface area contributed by atoms with Gasteiger partial charge in [0.2, 0.25) is 0 Å². The summed E-state index contributed by atoms with van der Waals surface area (Å²) >= 11 is 0. The summed E-state index contributed by atoms with van der Waals surface area (Å²) in [7, 11) is 0. The van der Waals surface area contributed by atoms with E-state index in [4.69, 9.17) is 4.74 Å². The van der Waals surface area contributed by atoms with Crippen molar-refractivity contribution in [2.75, 3.05) is 13.2 Å². The van der Waals surface area contributed by atoms with Gasteiger partial charge in [-0.05, 0) is 137 Å². The molecule has 4 fully saturated rings. The van der Waals surface area contributed by atoms with Gasteiger partial charge in [0.1, 0.15) is 0 Å². The zero-order valence-electron chi connectivity index (χ0n) is 19.0. The third-order valence-electron chi connectivity index (χ3n) is 9.59. The minimum atomic E-state index is -1.50. The van der Waals surface area contributed by atoms with Crippen molar-refractivity contribution in [2.24, 2.45) is 41.4 Å². The summed E-state index contributed by atoms with van der Waals surface area (Å²) in [6.45, 7) is 2.03. The van der Waals surface area contributed by atoms with Gasteiger partial charge in [0.05, 0.1) is 0 Å². The van der Waals surface area contributed by atoms with Gasteiger partial charge in [-0.3, -0.25) is 0 Å². The number of ether oxygens (including phenoxy) is 1. The zero-order valence-corrected chi connectivity index (χ0v) is 19.0. The van der Waals surface area contributed by atoms with E-state index < -0.39 is 6.08 Å². The molecule has 0 radical (unpaired) electrons. The second-order valence-corrected chi connectivity index (χ2v) is 11.2. The van der Waals surface area contributed by atoms with Crippen LogP contribution in [0.15, 0.2) is 12.2 Å². The predicted molar refractivity (Wildman–Crippen MR) is 119 cm³/mol. The van der Waals surface area contributed by atoms with Gasteiger partial charge in [0, 0.05) is 13.2 Å². The molecule has 0 spiro atoms. The van der Waals surface area contributed by atoms with Crippen LogP contribution < -0.4 is 0 Å². The van der Waals surface area contributed by atoms with E-state index in [0.29, 0.717) is 12.3 Å². The normalized spacial score (nSPS) is 40.7. The Balaban J connectivity index is 1.13. The monoisotopic (exact) mass is 422 g/mol. The molecule has 0 bridgehead atoms. The maximum absolute atomic E-state index is 12.2. The van der Waals surface area contributed by atoms with Crippen molar-refractivity contribution >= 4 is 0 Å². The molecular formula is C27H44F2O. The molecule has 1 aliphatic heterocycles. The maximum Gasteiger partial charge on any atom is 0.266 e. The van der Waals surface area contributed by atoms with E-state index in [1.165, 1.54) is 89.9 Å². The first-order valence-corrected chi connectivity index (χ1v) is 13.3. The van der Waals surface area contributed by atoms with Crippen molar-refractivity contribution < 1.29 is 13.5 Å². The molecule has 1 saturated heterocycles. The second kappa shape index (κ2) is 11.4. The van der Waals surface area contributed by atoms with Crippen LogP contribution in [-0.4, -0.2) is 13.2 Å². The van der Waals surface area contributed by atoms with Gasteiger partial charge < -0.3 is 4.74 Å². The van der Waals surface area contributed by atoms with E-state index in [0.717, 1.165) is 61.2 Å². The first-order chi connectivity index (χ1) is 14.7. The van der Waals surface area contributed by atoms with Crippen molar-refractivity contribution in [1.29, 1.82) is 0 Å². The SMILES string of the molecule is FC(F)=CCCC1CCC(C2CCC(C3CCC(C4CCCOC4)CC3)CC2)CC1. The molecule has 1 nitrogen and oxygen atoms in total. The van der Waals surface area contributed by atoms with Crippen molar-refractivity contribution in [3.8, 4) is 0 Å². The van der Waals surface area contributed by atoms with Crippen LogP contribution in [0.1, 0.15) is 103 Å². The first kappa shape index (κ1) is 22.7. The second-order valence-electron chi connectivity index (χ2n) is 11.2. The average molecular weight is 423 g/mol. The van der Waals surface area contributed by atoms with Gasteiger partial charge in [0.15, 0.2) is 0 Å². The Hall–Kier alpha value is -0.440. The summed E-state index contributed by atoms with van der Waals surface area (Å²) in [5.41, 5.74) is 0. The van der Waals surface area contributed by atoms with E-state index in [2.05, 4.69) is 0 Å². The van der Waals surface area contributed by atoms with Crippen LogP contribution in [0, 0.1) is 41.4 Å². The minimum Gasteiger partial charge on any atom is -0.381 e. The fourth-order valence-corrected chi connectivity index (χ4v) is 7.69. The van der Waals surface area contributed by atoms with E-state index in [9.17, 15) is 8.78 Å². The van der Waals surface area contributed by atoms with E-state index in [1.807, 2.05) is 0 Å². The lowest BCUT2D eigenvalue weighted by molar-refractivity contribution is 0.0126. The summed E-state index contributed by atoms with van der Waals surface area (Å²) in [4.78, 5) is 0. The van der Waals surface area contributed by atoms with Crippen molar-refractivity contribution in [2.45, 2.75) is 103 Å². The fourth-order valence-electron chi connectivity index (χ4n) is 7.69. The number of hydrogen-bond donors (Lipinski definition) is 0. The van der Waals surface area contributed by atoms with Crippen molar-refractivity contribution in [3.63, 3.8) is 0 Å². The highest BCUT2D eigenvalue weighted by Crippen LogP contribution is 2.47. The highest BCUT2D eigenvalue weighted by atomic mass is 19.3. The fraction of sp³-hybridized carbons (Fsp3) is 0.926. The molecule has 1 unspecified atom stereocenters. The lowest BCUT2D eigenvalue weighted by Gasteiger charge is -2.42. The lowest BCUT2D eigenvalue weighted by Crippen LogP contribution is -2.32. The molecule has 4 rings (SSSR count). The van der Waals surface area contributed by atoms with Gasteiger partial charge in [0.25, 0.3) is 6.08 Å². The van der Waals surface area contributed by atoms with Crippen LogP contribution >= 0.6 is 0 Å². The summed E-state index contributed by atoms with van der Waals surface area (Å²) in [5.74, 6) is 6.40. The van der Waals surface area contributed by atoms with Crippen LogP contribution in [0.3, 0.4) is 0 Å². The smallest absolute Gasteiger partial charge is 0.266 e. The van der Waals surface area contributed by atoms with Crippen LogP contribution in [-0.2, 0) is 4.74 Å². The Bertz CT molecular complexity index is 513. The summed E-state index contributed by atoms with van der Waals surface area (Å²) in [6.07, 6.45) is 20.9.